The van der Waals surface area contributed by atoms with E-state index in [1.165, 1.54) is 18.2 Å². The third-order valence-corrected chi connectivity index (χ3v) is 3.99. The molecule has 0 radical (unpaired) electrons. The van der Waals surface area contributed by atoms with Crippen molar-refractivity contribution in [2.24, 2.45) is 5.92 Å². The number of hydrogen-bond donors (Lipinski definition) is 2. The minimum absolute atomic E-state index is 0.0245. The van der Waals surface area contributed by atoms with E-state index in [4.69, 9.17) is 21.4 Å². The quantitative estimate of drug-likeness (QED) is 0.870. The van der Waals surface area contributed by atoms with Crippen molar-refractivity contribution in [3.63, 3.8) is 0 Å². The lowest BCUT2D eigenvalue weighted by molar-refractivity contribution is -0.142. The predicted molar refractivity (Wildman–Crippen MR) is 78.4 cm³/mol. The average Bonchev–Trinajstić information content (AvgIpc) is 2.49. The van der Waals surface area contributed by atoms with E-state index in [1.807, 2.05) is 0 Å². The molecule has 0 aromatic heterocycles. The standard InChI is InChI=1S/C15H17ClFNO4/c16-12-7-11(5-6-13(12)17)22-8-14(19)18-10-3-1-9(2-4-10)15(20)21/h5-7,9-10H,1-4,8H2,(H,18,19)(H,20,21). The molecule has 5 nitrogen and oxygen atoms in total. The molecule has 1 aliphatic carbocycles. The monoisotopic (exact) mass is 329 g/mol. The highest BCUT2D eigenvalue weighted by Gasteiger charge is 2.26. The Morgan fingerprint density at radius 1 is 1.32 bits per heavy atom. The Morgan fingerprint density at radius 3 is 2.59 bits per heavy atom. The van der Waals surface area contributed by atoms with Crippen LogP contribution in [0, 0.1) is 11.7 Å². The smallest absolute Gasteiger partial charge is 0.306 e. The summed E-state index contributed by atoms with van der Waals surface area (Å²) in [6.07, 6.45) is 2.42. The molecule has 0 unspecified atom stereocenters. The fourth-order valence-electron chi connectivity index (χ4n) is 2.47. The first-order valence-corrected chi connectivity index (χ1v) is 7.43. The summed E-state index contributed by atoms with van der Waals surface area (Å²) in [5.74, 6) is -1.61. The number of carboxylic acids is 1. The second kappa shape index (κ2) is 7.45. The van der Waals surface area contributed by atoms with Gasteiger partial charge in [-0.1, -0.05) is 11.6 Å². The molecule has 1 saturated carbocycles. The summed E-state index contributed by atoms with van der Waals surface area (Å²) in [4.78, 5) is 22.6. The molecule has 0 atom stereocenters. The van der Waals surface area contributed by atoms with E-state index in [1.54, 1.807) is 0 Å². The van der Waals surface area contributed by atoms with Crippen molar-refractivity contribution in [2.75, 3.05) is 6.61 Å². The first-order valence-electron chi connectivity index (χ1n) is 7.05. The average molecular weight is 330 g/mol. The second-order valence-corrected chi connectivity index (χ2v) is 5.73. The van der Waals surface area contributed by atoms with Crippen molar-refractivity contribution in [1.82, 2.24) is 5.32 Å². The van der Waals surface area contributed by atoms with Crippen LogP contribution in [0.3, 0.4) is 0 Å². The van der Waals surface area contributed by atoms with E-state index in [0.717, 1.165) is 0 Å². The number of aliphatic carboxylic acids is 1. The first-order chi connectivity index (χ1) is 10.5. The molecule has 2 N–H and O–H groups in total. The fourth-order valence-corrected chi connectivity index (χ4v) is 2.64. The summed E-state index contributed by atoms with van der Waals surface area (Å²) < 4.78 is 18.2. The maximum Gasteiger partial charge on any atom is 0.306 e. The Kier molecular flexibility index (Phi) is 5.60. The number of amides is 1. The summed E-state index contributed by atoms with van der Waals surface area (Å²) in [5.41, 5.74) is 0. The van der Waals surface area contributed by atoms with Gasteiger partial charge in [-0.2, -0.15) is 0 Å². The van der Waals surface area contributed by atoms with Gasteiger partial charge in [0.05, 0.1) is 10.9 Å². The van der Waals surface area contributed by atoms with Crippen molar-refractivity contribution in [1.29, 1.82) is 0 Å². The summed E-state index contributed by atoms with van der Waals surface area (Å²) >= 11 is 5.62. The van der Waals surface area contributed by atoms with E-state index >= 15 is 0 Å². The van der Waals surface area contributed by atoms with Gasteiger partial charge in [-0.25, -0.2) is 4.39 Å². The molecule has 0 aliphatic heterocycles. The van der Waals surface area contributed by atoms with E-state index in [9.17, 15) is 14.0 Å². The Bertz CT molecular complexity index is 558. The first kappa shape index (κ1) is 16.5. The third kappa shape index (κ3) is 4.59. The van der Waals surface area contributed by atoms with Gasteiger partial charge in [0, 0.05) is 12.1 Å². The maximum absolute atomic E-state index is 13.0. The molecular formula is C15H17ClFNO4. The fraction of sp³-hybridized carbons (Fsp3) is 0.467. The van der Waals surface area contributed by atoms with Crippen LogP contribution in [-0.2, 0) is 9.59 Å². The lowest BCUT2D eigenvalue weighted by Gasteiger charge is -2.26. The van der Waals surface area contributed by atoms with Crippen LogP contribution in [0.1, 0.15) is 25.7 Å². The van der Waals surface area contributed by atoms with Gasteiger partial charge in [0.15, 0.2) is 6.61 Å². The molecule has 1 aliphatic rings. The SMILES string of the molecule is O=C(COc1ccc(F)c(Cl)c1)NC1CCC(C(=O)O)CC1. The van der Waals surface area contributed by atoms with E-state index in [-0.39, 0.29) is 29.5 Å². The lowest BCUT2D eigenvalue weighted by Crippen LogP contribution is -2.40. The zero-order chi connectivity index (χ0) is 16.1. The van der Waals surface area contributed by atoms with Crippen molar-refractivity contribution in [3.8, 4) is 5.75 Å². The summed E-state index contributed by atoms with van der Waals surface area (Å²) in [5, 5.41) is 11.7. The number of benzene rings is 1. The van der Waals surface area contributed by atoms with Gasteiger partial charge in [-0.15, -0.1) is 0 Å². The van der Waals surface area contributed by atoms with Crippen LogP contribution in [0.15, 0.2) is 18.2 Å². The van der Waals surface area contributed by atoms with Crippen molar-refractivity contribution in [3.05, 3.63) is 29.0 Å². The Hall–Kier alpha value is -1.82. The molecule has 7 heteroatoms. The summed E-state index contributed by atoms with van der Waals surface area (Å²) in [6.45, 7) is -0.194. The highest BCUT2D eigenvalue weighted by Crippen LogP contribution is 2.24. The Balaban J connectivity index is 1.74. The van der Waals surface area contributed by atoms with Crippen LogP contribution in [0.5, 0.6) is 5.75 Å². The largest absolute Gasteiger partial charge is 0.484 e. The predicted octanol–water partition coefficient (Wildman–Crippen LogP) is 2.62. The number of carbonyl (C=O) groups is 2. The molecule has 1 amide bonds. The van der Waals surface area contributed by atoms with Crippen LogP contribution in [0.2, 0.25) is 5.02 Å². The molecular weight excluding hydrogens is 313 g/mol. The zero-order valence-electron chi connectivity index (χ0n) is 11.9. The number of rotatable bonds is 5. The highest BCUT2D eigenvalue weighted by molar-refractivity contribution is 6.30. The Morgan fingerprint density at radius 2 is 2.00 bits per heavy atom. The molecule has 1 aromatic rings. The minimum atomic E-state index is -0.777. The number of carboxylic acid groups (broad SMARTS) is 1. The Labute approximate surface area is 132 Å². The highest BCUT2D eigenvalue weighted by atomic mass is 35.5. The maximum atomic E-state index is 13.0. The number of nitrogens with one attached hydrogen (secondary N) is 1. The zero-order valence-corrected chi connectivity index (χ0v) is 12.6. The molecule has 2 rings (SSSR count). The van der Waals surface area contributed by atoms with E-state index in [0.29, 0.717) is 31.4 Å². The molecule has 0 spiro atoms. The van der Waals surface area contributed by atoms with Gasteiger partial charge < -0.3 is 15.2 Å². The van der Waals surface area contributed by atoms with Crippen LogP contribution >= 0.6 is 11.6 Å². The number of hydrogen-bond acceptors (Lipinski definition) is 3. The lowest BCUT2D eigenvalue weighted by atomic mass is 9.86. The molecule has 22 heavy (non-hydrogen) atoms. The number of halogens is 2. The van der Waals surface area contributed by atoms with Crippen LogP contribution in [0.25, 0.3) is 0 Å². The molecule has 1 aromatic carbocycles. The number of ether oxygens (including phenoxy) is 1. The molecule has 1 fully saturated rings. The summed E-state index contributed by atoms with van der Waals surface area (Å²) in [6, 6.07) is 3.85. The normalized spacial score (nSPS) is 21.2. The van der Waals surface area contributed by atoms with Gasteiger partial charge in [0.1, 0.15) is 11.6 Å². The van der Waals surface area contributed by atoms with Crippen molar-refractivity contribution >= 4 is 23.5 Å². The van der Waals surface area contributed by atoms with E-state index < -0.39 is 11.8 Å². The minimum Gasteiger partial charge on any atom is -0.484 e. The van der Waals surface area contributed by atoms with Crippen LogP contribution in [0.4, 0.5) is 4.39 Å². The van der Waals surface area contributed by atoms with Crippen molar-refractivity contribution in [2.45, 2.75) is 31.7 Å². The van der Waals surface area contributed by atoms with Gasteiger partial charge >= 0.3 is 5.97 Å². The van der Waals surface area contributed by atoms with E-state index in [2.05, 4.69) is 5.32 Å². The molecule has 0 bridgehead atoms. The third-order valence-electron chi connectivity index (χ3n) is 3.70. The van der Waals surface area contributed by atoms with Crippen molar-refractivity contribution < 1.29 is 23.8 Å². The number of carbonyl (C=O) groups excluding carboxylic acids is 1. The molecule has 0 heterocycles. The molecule has 120 valence electrons. The van der Waals surface area contributed by atoms with Gasteiger partial charge in [0.2, 0.25) is 0 Å². The molecule has 0 saturated heterocycles. The van der Waals surface area contributed by atoms with Crippen LogP contribution < -0.4 is 10.1 Å². The van der Waals surface area contributed by atoms with Gasteiger partial charge in [0.25, 0.3) is 5.91 Å². The van der Waals surface area contributed by atoms with Gasteiger partial charge in [-0.3, -0.25) is 9.59 Å². The van der Waals surface area contributed by atoms with Gasteiger partial charge in [-0.05, 0) is 37.8 Å². The second-order valence-electron chi connectivity index (χ2n) is 5.32. The topological polar surface area (TPSA) is 75.6 Å². The summed E-state index contributed by atoms with van der Waals surface area (Å²) in [7, 11) is 0. The van der Waals surface area contributed by atoms with Crippen LogP contribution in [-0.4, -0.2) is 29.6 Å².